The highest BCUT2D eigenvalue weighted by Gasteiger charge is 2.38. The van der Waals surface area contributed by atoms with Crippen LogP contribution in [0.15, 0.2) is 132 Å². The first kappa shape index (κ1) is 32.9. The molecule has 0 saturated heterocycles. The van der Waals surface area contributed by atoms with Crippen LogP contribution in [-0.4, -0.2) is 36.6 Å². The summed E-state index contributed by atoms with van der Waals surface area (Å²) >= 11 is 0. The SMILES string of the molecule is CC1C=C(C2C(OCCO)=CC(c3ccc(-c4ccc5ccccc5c4)cc3)=C(OCCO)C2C)C=CC1C1C=c2ccccc2=CC1C. The van der Waals surface area contributed by atoms with E-state index in [4.69, 9.17) is 9.47 Å². The quantitative estimate of drug-likeness (QED) is 0.185. The average Bonchev–Trinajstić information content (AvgIpc) is 3.13. The van der Waals surface area contributed by atoms with Gasteiger partial charge in [-0.05, 0) is 79.3 Å². The molecular formula is C45H46O4. The van der Waals surface area contributed by atoms with E-state index in [0.29, 0.717) is 23.7 Å². The van der Waals surface area contributed by atoms with Crippen molar-refractivity contribution < 1.29 is 19.7 Å². The lowest BCUT2D eigenvalue weighted by Crippen LogP contribution is -2.36. The Morgan fingerprint density at radius 2 is 1.24 bits per heavy atom. The molecule has 2 N–H and O–H groups in total. The van der Waals surface area contributed by atoms with Gasteiger partial charge < -0.3 is 19.7 Å². The number of aliphatic hydroxyl groups is 2. The molecule has 4 heteroatoms. The van der Waals surface area contributed by atoms with E-state index >= 15 is 0 Å². The van der Waals surface area contributed by atoms with Crippen LogP contribution in [0.5, 0.6) is 0 Å². The number of ether oxygens (including phenoxy) is 2. The Morgan fingerprint density at radius 3 is 1.98 bits per heavy atom. The van der Waals surface area contributed by atoms with Crippen molar-refractivity contribution >= 4 is 28.5 Å². The van der Waals surface area contributed by atoms with E-state index in [9.17, 15) is 10.2 Å². The van der Waals surface area contributed by atoms with Gasteiger partial charge in [-0.1, -0.05) is 136 Å². The van der Waals surface area contributed by atoms with Crippen molar-refractivity contribution in [2.24, 2.45) is 35.5 Å². The summed E-state index contributed by atoms with van der Waals surface area (Å²) in [5.41, 5.74) is 5.47. The Labute approximate surface area is 289 Å². The third-order valence-corrected chi connectivity index (χ3v) is 10.6. The van der Waals surface area contributed by atoms with Gasteiger partial charge in [0.25, 0.3) is 0 Å². The van der Waals surface area contributed by atoms with Crippen molar-refractivity contribution in [1.29, 1.82) is 0 Å². The van der Waals surface area contributed by atoms with Gasteiger partial charge in [0.05, 0.1) is 19.1 Å². The van der Waals surface area contributed by atoms with Gasteiger partial charge in [0.2, 0.25) is 0 Å². The normalized spacial score (nSPS) is 24.8. The third-order valence-electron chi connectivity index (χ3n) is 10.6. The highest BCUT2D eigenvalue weighted by Crippen LogP contribution is 2.46. The highest BCUT2D eigenvalue weighted by atomic mass is 16.5. The van der Waals surface area contributed by atoms with Gasteiger partial charge in [0.15, 0.2) is 0 Å². The van der Waals surface area contributed by atoms with E-state index in [2.05, 4.69) is 148 Å². The van der Waals surface area contributed by atoms with Crippen LogP contribution in [0.1, 0.15) is 26.3 Å². The number of hydrogen-bond donors (Lipinski definition) is 2. The van der Waals surface area contributed by atoms with Crippen LogP contribution < -0.4 is 10.4 Å². The molecule has 7 rings (SSSR count). The van der Waals surface area contributed by atoms with Crippen LogP contribution in [0.4, 0.5) is 0 Å². The van der Waals surface area contributed by atoms with Gasteiger partial charge in [0, 0.05) is 11.5 Å². The first-order valence-corrected chi connectivity index (χ1v) is 17.7. The Bertz CT molecular complexity index is 2070. The van der Waals surface area contributed by atoms with Crippen LogP contribution in [0.25, 0.3) is 39.6 Å². The molecule has 0 saturated carbocycles. The number of rotatable bonds is 10. The van der Waals surface area contributed by atoms with Gasteiger partial charge >= 0.3 is 0 Å². The Kier molecular flexibility index (Phi) is 9.70. The second kappa shape index (κ2) is 14.5. The number of allylic oxidation sites excluding steroid dienone is 7. The van der Waals surface area contributed by atoms with Crippen molar-refractivity contribution in [1.82, 2.24) is 0 Å². The summed E-state index contributed by atoms with van der Waals surface area (Å²) < 4.78 is 12.7. The first-order valence-electron chi connectivity index (χ1n) is 17.7. The molecule has 0 radical (unpaired) electrons. The smallest absolute Gasteiger partial charge is 0.111 e. The van der Waals surface area contributed by atoms with Gasteiger partial charge in [-0.15, -0.1) is 0 Å². The average molecular weight is 651 g/mol. The minimum Gasteiger partial charge on any atom is -0.495 e. The van der Waals surface area contributed by atoms with Crippen LogP contribution in [0.3, 0.4) is 0 Å². The highest BCUT2D eigenvalue weighted by molar-refractivity contribution is 5.88. The second-order valence-electron chi connectivity index (χ2n) is 13.7. The van der Waals surface area contributed by atoms with Crippen molar-refractivity contribution in [3.63, 3.8) is 0 Å². The molecule has 0 spiro atoms. The summed E-state index contributed by atoms with van der Waals surface area (Å²) in [7, 11) is 0. The molecule has 3 aliphatic carbocycles. The summed E-state index contributed by atoms with van der Waals surface area (Å²) in [5.74, 6) is 3.09. The van der Waals surface area contributed by atoms with E-state index < -0.39 is 0 Å². The predicted octanol–water partition coefficient (Wildman–Crippen LogP) is 7.66. The molecule has 4 aromatic carbocycles. The molecular weight excluding hydrogens is 604 g/mol. The fraction of sp³-hybridized carbons (Fsp3) is 0.289. The molecule has 6 unspecified atom stereocenters. The van der Waals surface area contributed by atoms with Crippen molar-refractivity contribution in [3.05, 3.63) is 148 Å². The van der Waals surface area contributed by atoms with E-state index in [-0.39, 0.29) is 38.3 Å². The van der Waals surface area contributed by atoms with Gasteiger partial charge in [-0.25, -0.2) is 0 Å². The largest absolute Gasteiger partial charge is 0.495 e. The maximum Gasteiger partial charge on any atom is 0.111 e. The molecule has 3 aliphatic rings. The summed E-state index contributed by atoms with van der Waals surface area (Å²) in [6.07, 6.45) is 14.1. The zero-order valence-electron chi connectivity index (χ0n) is 28.6. The molecule has 250 valence electrons. The molecule has 0 amide bonds. The lowest BCUT2D eigenvalue weighted by molar-refractivity contribution is 0.0958. The lowest BCUT2D eigenvalue weighted by atomic mass is 9.69. The minimum absolute atomic E-state index is 0.0552. The minimum atomic E-state index is -0.0828. The first-order chi connectivity index (χ1) is 23.9. The number of benzene rings is 4. The Balaban J connectivity index is 1.20. The fourth-order valence-corrected chi connectivity index (χ4v) is 8.08. The van der Waals surface area contributed by atoms with Crippen LogP contribution in [0, 0.1) is 35.5 Å². The van der Waals surface area contributed by atoms with Crippen LogP contribution >= 0.6 is 0 Å². The summed E-state index contributed by atoms with van der Waals surface area (Å²) in [6.45, 7) is 7.14. The molecule has 49 heavy (non-hydrogen) atoms. The summed E-state index contributed by atoms with van der Waals surface area (Å²) in [4.78, 5) is 0. The number of fused-ring (bicyclic) bond motifs is 2. The standard InChI is InChI=1S/C45H46O4/c1-29-25-39(18-19-40(29)41-27-37-11-7-6-9-35(37)24-30(41)2)44-31(3)45(49-23-21-47)42(28-43(44)48-22-20-46)34-15-12-33(13-16-34)38-17-14-32-8-4-5-10-36(32)26-38/h4-19,24-31,40-41,44,46-47H,20-23H2,1-3H3. The molecule has 4 nitrogen and oxygen atoms in total. The maximum atomic E-state index is 9.79. The molecule has 0 bridgehead atoms. The molecule has 0 aliphatic heterocycles. The van der Waals surface area contributed by atoms with Gasteiger partial charge in [-0.3, -0.25) is 0 Å². The van der Waals surface area contributed by atoms with Crippen LogP contribution in [0.2, 0.25) is 0 Å². The Morgan fingerprint density at radius 1 is 0.612 bits per heavy atom. The molecule has 0 aromatic heterocycles. The van der Waals surface area contributed by atoms with E-state index in [0.717, 1.165) is 28.2 Å². The predicted molar refractivity (Wildman–Crippen MR) is 200 cm³/mol. The zero-order valence-corrected chi connectivity index (χ0v) is 28.6. The van der Waals surface area contributed by atoms with E-state index in [1.807, 2.05) is 0 Å². The van der Waals surface area contributed by atoms with Crippen molar-refractivity contribution in [2.45, 2.75) is 20.8 Å². The van der Waals surface area contributed by atoms with E-state index in [1.54, 1.807) is 0 Å². The fourth-order valence-electron chi connectivity index (χ4n) is 8.08. The van der Waals surface area contributed by atoms with Crippen molar-refractivity contribution in [3.8, 4) is 11.1 Å². The number of aliphatic hydroxyl groups excluding tert-OH is 2. The summed E-state index contributed by atoms with van der Waals surface area (Å²) in [6, 6.07) is 32.2. The molecule has 6 atom stereocenters. The van der Waals surface area contributed by atoms with Crippen molar-refractivity contribution in [2.75, 3.05) is 26.4 Å². The monoisotopic (exact) mass is 650 g/mol. The van der Waals surface area contributed by atoms with Gasteiger partial charge in [-0.2, -0.15) is 0 Å². The molecule has 0 heterocycles. The van der Waals surface area contributed by atoms with Gasteiger partial charge in [0.1, 0.15) is 24.7 Å². The Hall–Kier alpha value is -4.64. The maximum absolute atomic E-state index is 9.79. The molecule has 0 fully saturated rings. The lowest BCUT2D eigenvalue weighted by Gasteiger charge is -2.38. The number of hydrogen-bond acceptors (Lipinski definition) is 4. The summed E-state index contributed by atoms with van der Waals surface area (Å²) in [5, 5.41) is 24.6. The topological polar surface area (TPSA) is 58.9 Å². The second-order valence-corrected chi connectivity index (χ2v) is 13.7. The van der Waals surface area contributed by atoms with Crippen LogP contribution in [-0.2, 0) is 9.47 Å². The third kappa shape index (κ3) is 6.68. The van der Waals surface area contributed by atoms with E-state index in [1.165, 1.54) is 32.3 Å². The molecule has 4 aromatic rings. The zero-order chi connectivity index (χ0) is 33.9.